The monoisotopic (exact) mass is 429 g/mol. The zero-order chi connectivity index (χ0) is 22.8. The minimum atomic E-state index is -1.57. The summed E-state index contributed by atoms with van der Waals surface area (Å²) in [6, 6.07) is -4.19. The molecule has 1 saturated heterocycles. The average molecular weight is 429 g/mol. The summed E-state index contributed by atoms with van der Waals surface area (Å²) >= 11 is 0. The van der Waals surface area contributed by atoms with Crippen LogP contribution >= 0.6 is 0 Å². The van der Waals surface area contributed by atoms with Gasteiger partial charge in [0.1, 0.15) is 18.1 Å². The number of carboxylic acids is 1. The molecule has 1 aliphatic heterocycles. The molecule has 0 radical (unpaired) electrons. The van der Waals surface area contributed by atoms with Crippen LogP contribution in [0.25, 0.3) is 0 Å². The number of carboxylic acid groups (broad SMARTS) is 1. The van der Waals surface area contributed by atoms with Crippen LogP contribution in [0, 0.1) is 5.92 Å². The maximum atomic E-state index is 12.8. The molecule has 0 aromatic rings. The van der Waals surface area contributed by atoms with Gasteiger partial charge in [0, 0.05) is 6.42 Å². The summed E-state index contributed by atoms with van der Waals surface area (Å²) in [6.07, 6.45) is 1.09. The third-order valence-corrected chi connectivity index (χ3v) is 4.73. The summed E-state index contributed by atoms with van der Waals surface area (Å²) in [5.41, 5.74) is 5.11. The molecule has 1 fully saturated rings. The van der Waals surface area contributed by atoms with E-state index in [2.05, 4.69) is 21.3 Å². The van der Waals surface area contributed by atoms with E-state index in [1.165, 1.54) is 0 Å². The van der Waals surface area contributed by atoms with Crippen LogP contribution < -0.4 is 27.0 Å². The average Bonchev–Trinajstić information content (AvgIpc) is 3.20. The molecule has 4 unspecified atom stereocenters. The van der Waals surface area contributed by atoms with Gasteiger partial charge in [-0.05, 0) is 31.7 Å². The van der Waals surface area contributed by atoms with Gasteiger partial charge in [0.25, 0.3) is 0 Å². The third-order valence-electron chi connectivity index (χ3n) is 4.73. The number of hydrogen-bond acceptors (Lipinski definition) is 7. The van der Waals surface area contributed by atoms with Crippen molar-refractivity contribution in [3.8, 4) is 0 Å². The molecule has 4 amide bonds. The van der Waals surface area contributed by atoms with Crippen LogP contribution in [0.4, 0.5) is 0 Å². The molecule has 1 heterocycles. The van der Waals surface area contributed by atoms with Crippen LogP contribution in [-0.4, -0.2) is 77.1 Å². The minimum absolute atomic E-state index is 0.173. The predicted molar refractivity (Wildman–Crippen MR) is 105 cm³/mol. The molecule has 0 bridgehead atoms. The molecule has 0 saturated carbocycles. The number of nitrogens with one attached hydrogen (secondary N) is 4. The van der Waals surface area contributed by atoms with Gasteiger partial charge in [-0.2, -0.15) is 0 Å². The molecule has 8 N–H and O–H groups in total. The zero-order valence-electron chi connectivity index (χ0n) is 17.1. The van der Waals surface area contributed by atoms with Gasteiger partial charge in [-0.25, -0.2) is 4.79 Å². The van der Waals surface area contributed by atoms with E-state index in [-0.39, 0.29) is 24.7 Å². The number of rotatable bonds is 12. The van der Waals surface area contributed by atoms with Gasteiger partial charge in [0.15, 0.2) is 0 Å². The molecular formula is C18H31N5O7. The summed E-state index contributed by atoms with van der Waals surface area (Å²) in [4.78, 5) is 59.7. The molecule has 170 valence electrons. The van der Waals surface area contributed by atoms with E-state index >= 15 is 0 Å². The summed E-state index contributed by atoms with van der Waals surface area (Å²) in [6.45, 7) is 3.30. The van der Waals surface area contributed by atoms with Crippen molar-refractivity contribution in [2.24, 2.45) is 11.7 Å². The van der Waals surface area contributed by atoms with E-state index in [0.717, 1.165) is 6.42 Å². The van der Waals surface area contributed by atoms with Crippen molar-refractivity contribution in [3.63, 3.8) is 0 Å². The first-order chi connectivity index (χ1) is 14.1. The Hall–Kier alpha value is -2.73. The van der Waals surface area contributed by atoms with Crippen molar-refractivity contribution < 1.29 is 34.2 Å². The number of primary amides is 1. The molecule has 0 aromatic carbocycles. The first kappa shape index (κ1) is 25.3. The van der Waals surface area contributed by atoms with Crippen LogP contribution in [0.3, 0.4) is 0 Å². The molecule has 0 aromatic heterocycles. The highest BCUT2D eigenvalue weighted by Gasteiger charge is 2.32. The zero-order valence-corrected chi connectivity index (χ0v) is 17.1. The summed E-state index contributed by atoms with van der Waals surface area (Å²) < 4.78 is 0. The summed E-state index contributed by atoms with van der Waals surface area (Å²) in [7, 11) is 0. The van der Waals surface area contributed by atoms with Crippen LogP contribution in [0.1, 0.15) is 39.5 Å². The molecule has 0 aliphatic carbocycles. The number of carbonyl (C=O) groups is 5. The second-order valence-electron chi connectivity index (χ2n) is 7.53. The Bertz CT molecular complexity index is 649. The highest BCUT2D eigenvalue weighted by atomic mass is 16.4. The van der Waals surface area contributed by atoms with E-state index in [1.807, 2.05) is 0 Å². The lowest BCUT2D eigenvalue weighted by molar-refractivity contribution is -0.143. The topological polar surface area (TPSA) is 200 Å². The van der Waals surface area contributed by atoms with Crippen molar-refractivity contribution in [3.05, 3.63) is 0 Å². The number of hydrogen-bond donors (Lipinski definition) is 7. The van der Waals surface area contributed by atoms with E-state index < -0.39 is 54.5 Å². The van der Waals surface area contributed by atoms with Crippen molar-refractivity contribution >= 4 is 29.6 Å². The second kappa shape index (κ2) is 12.1. The van der Waals surface area contributed by atoms with E-state index in [4.69, 9.17) is 15.9 Å². The summed E-state index contributed by atoms with van der Waals surface area (Å²) in [5.74, 6) is -4.35. The molecule has 12 heteroatoms. The highest BCUT2D eigenvalue weighted by molar-refractivity contribution is 5.94. The van der Waals surface area contributed by atoms with Gasteiger partial charge in [0.05, 0.1) is 12.6 Å². The SMILES string of the molecule is CC(C)C(NC(=O)C1CCCN1)C(=O)NC(CCC(N)=O)C(=O)NC(CO)C(=O)O. The van der Waals surface area contributed by atoms with Gasteiger partial charge in [-0.3, -0.25) is 19.2 Å². The van der Waals surface area contributed by atoms with Crippen molar-refractivity contribution in [2.75, 3.05) is 13.2 Å². The maximum absolute atomic E-state index is 12.8. The van der Waals surface area contributed by atoms with Gasteiger partial charge < -0.3 is 37.2 Å². The number of amides is 4. The number of aliphatic hydroxyl groups is 1. The Labute approximate surface area is 174 Å². The predicted octanol–water partition coefficient (Wildman–Crippen LogP) is -2.81. The maximum Gasteiger partial charge on any atom is 0.328 e. The summed E-state index contributed by atoms with van der Waals surface area (Å²) in [5, 5.41) is 28.3. The molecular weight excluding hydrogens is 398 g/mol. The number of aliphatic carboxylic acids is 1. The highest BCUT2D eigenvalue weighted by Crippen LogP contribution is 2.09. The van der Waals surface area contributed by atoms with Crippen molar-refractivity contribution in [1.29, 1.82) is 0 Å². The Morgan fingerprint density at radius 2 is 1.70 bits per heavy atom. The quantitative estimate of drug-likeness (QED) is 0.172. The standard InChI is InChI=1S/C18H31N5O7/c1-9(2)14(23-15(26)10-4-3-7-20-10)17(28)21-11(5-6-13(19)25)16(27)22-12(8-24)18(29)30/h9-12,14,20,24H,3-8H2,1-2H3,(H2,19,25)(H,21,28)(H,22,27)(H,23,26)(H,29,30). The smallest absolute Gasteiger partial charge is 0.328 e. The van der Waals surface area contributed by atoms with Crippen molar-refractivity contribution in [1.82, 2.24) is 21.3 Å². The van der Waals surface area contributed by atoms with E-state index in [1.54, 1.807) is 13.8 Å². The Balaban J connectivity index is 2.87. The van der Waals surface area contributed by atoms with Gasteiger partial charge in [0.2, 0.25) is 23.6 Å². The fourth-order valence-corrected chi connectivity index (χ4v) is 2.97. The lowest BCUT2D eigenvalue weighted by Gasteiger charge is -2.26. The number of carbonyl (C=O) groups excluding carboxylic acids is 4. The normalized spacial score (nSPS) is 18.9. The second-order valence-corrected chi connectivity index (χ2v) is 7.53. The molecule has 1 rings (SSSR count). The van der Waals surface area contributed by atoms with Crippen molar-refractivity contribution in [2.45, 2.75) is 63.7 Å². The van der Waals surface area contributed by atoms with Gasteiger partial charge >= 0.3 is 5.97 Å². The largest absolute Gasteiger partial charge is 0.480 e. The lowest BCUT2D eigenvalue weighted by Crippen LogP contribution is -2.58. The Morgan fingerprint density at radius 3 is 2.17 bits per heavy atom. The molecule has 0 spiro atoms. The molecule has 12 nitrogen and oxygen atoms in total. The Kier molecular flexibility index (Phi) is 10.2. The Morgan fingerprint density at radius 1 is 1.07 bits per heavy atom. The third kappa shape index (κ3) is 7.95. The van der Waals surface area contributed by atoms with Crippen LogP contribution in [0.5, 0.6) is 0 Å². The first-order valence-electron chi connectivity index (χ1n) is 9.83. The van der Waals surface area contributed by atoms with E-state index in [9.17, 15) is 24.0 Å². The molecule has 4 atom stereocenters. The van der Waals surface area contributed by atoms with Crippen LogP contribution in [-0.2, 0) is 24.0 Å². The lowest BCUT2D eigenvalue weighted by atomic mass is 10.0. The number of aliphatic hydroxyl groups excluding tert-OH is 1. The minimum Gasteiger partial charge on any atom is -0.480 e. The number of nitrogens with two attached hydrogens (primary N) is 1. The molecule has 1 aliphatic rings. The van der Waals surface area contributed by atoms with Crippen LogP contribution in [0.15, 0.2) is 0 Å². The first-order valence-corrected chi connectivity index (χ1v) is 9.83. The fourth-order valence-electron chi connectivity index (χ4n) is 2.97. The van der Waals surface area contributed by atoms with Gasteiger partial charge in [-0.1, -0.05) is 13.8 Å². The molecule has 30 heavy (non-hydrogen) atoms. The van der Waals surface area contributed by atoms with Crippen LogP contribution in [0.2, 0.25) is 0 Å². The van der Waals surface area contributed by atoms with E-state index in [0.29, 0.717) is 13.0 Å². The van der Waals surface area contributed by atoms with Gasteiger partial charge in [-0.15, -0.1) is 0 Å². The fraction of sp³-hybridized carbons (Fsp3) is 0.722.